The molecule has 2 rings (SSSR count). The molecule has 1 aliphatic carbocycles. The van der Waals surface area contributed by atoms with E-state index in [-0.39, 0.29) is 5.92 Å². The first-order chi connectivity index (χ1) is 6.48. The highest BCUT2D eigenvalue weighted by molar-refractivity contribution is 8.14. The molecule has 0 aliphatic heterocycles. The summed E-state index contributed by atoms with van der Waals surface area (Å²) in [5.41, 5.74) is 0.584. The molecule has 14 heavy (non-hydrogen) atoms. The van der Waals surface area contributed by atoms with E-state index in [1.165, 1.54) is 12.1 Å². The van der Waals surface area contributed by atoms with Gasteiger partial charge in [0.1, 0.15) is 5.82 Å². The van der Waals surface area contributed by atoms with Crippen molar-refractivity contribution in [1.82, 2.24) is 4.98 Å². The largest absolute Gasteiger partial charge is 0.258 e. The first kappa shape index (κ1) is 9.86. The third kappa shape index (κ3) is 1.88. The van der Waals surface area contributed by atoms with Crippen LogP contribution in [0.1, 0.15) is 18.0 Å². The third-order valence-electron chi connectivity index (χ3n) is 2.22. The molecular formula is C8H7ClFNO2S. The average molecular weight is 236 g/mol. The van der Waals surface area contributed by atoms with E-state index in [9.17, 15) is 12.8 Å². The number of halogens is 2. The highest BCUT2D eigenvalue weighted by Gasteiger charge is 2.48. The Labute approximate surface area is 85.3 Å². The van der Waals surface area contributed by atoms with Gasteiger partial charge in [-0.1, -0.05) is 0 Å². The molecule has 0 amide bonds. The van der Waals surface area contributed by atoms with Gasteiger partial charge < -0.3 is 0 Å². The topological polar surface area (TPSA) is 47.0 Å². The SMILES string of the molecule is O=S(=O)(Cl)C1CC1c1ccc(F)cn1. The summed E-state index contributed by atoms with van der Waals surface area (Å²) in [5, 5.41) is -0.554. The molecular weight excluding hydrogens is 229 g/mol. The molecule has 3 nitrogen and oxygen atoms in total. The standard InChI is InChI=1S/C8H7ClFNO2S/c9-14(12,13)8-3-6(8)7-2-1-5(10)4-11-7/h1-2,4,6,8H,3H2. The van der Waals surface area contributed by atoms with Crippen LogP contribution in [0.3, 0.4) is 0 Å². The van der Waals surface area contributed by atoms with Gasteiger partial charge in [-0.3, -0.25) is 4.98 Å². The molecule has 0 spiro atoms. The molecule has 0 N–H and O–H groups in total. The normalized spacial score (nSPS) is 26.1. The Hall–Kier alpha value is -0.680. The van der Waals surface area contributed by atoms with Gasteiger partial charge in [-0.2, -0.15) is 0 Å². The lowest BCUT2D eigenvalue weighted by Gasteiger charge is -1.96. The van der Waals surface area contributed by atoms with Crippen LogP contribution in [0.15, 0.2) is 18.3 Å². The minimum Gasteiger partial charge on any atom is -0.258 e. The van der Waals surface area contributed by atoms with Crippen molar-refractivity contribution in [2.24, 2.45) is 0 Å². The van der Waals surface area contributed by atoms with E-state index >= 15 is 0 Å². The fourth-order valence-electron chi connectivity index (χ4n) is 1.40. The highest BCUT2D eigenvalue weighted by atomic mass is 35.7. The molecule has 2 atom stereocenters. The summed E-state index contributed by atoms with van der Waals surface area (Å²) in [6.07, 6.45) is 1.55. The molecule has 6 heteroatoms. The van der Waals surface area contributed by atoms with Crippen molar-refractivity contribution < 1.29 is 12.8 Å². The molecule has 1 fully saturated rings. The fourth-order valence-corrected chi connectivity index (χ4v) is 2.96. The van der Waals surface area contributed by atoms with E-state index in [0.717, 1.165) is 6.20 Å². The molecule has 1 saturated carbocycles. The second kappa shape index (κ2) is 3.17. The first-order valence-electron chi connectivity index (χ1n) is 4.03. The highest BCUT2D eigenvalue weighted by Crippen LogP contribution is 2.46. The smallest absolute Gasteiger partial charge is 0.236 e. The lowest BCUT2D eigenvalue weighted by Crippen LogP contribution is -2.00. The molecule has 0 radical (unpaired) electrons. The van der Waals surface area contributed by atoms with E-state index < -0.39 is 20.1 Å². The van der Waals surface area contributed by atoms with Crippen molar-refractivity contribution in [2.45, 2.75) is 17.6 Å². The van der Waals surface area contributed by atoms with Gasteiger partial charge in [-0.05, 0) is 18.6 Å². The van der Waals surface area contributed by atoms with Crippen molar-refractivity contribution in [3.63, 3.8) is 0 Å². The molecule has 1 aromatic heterocycles. The Bertz CT molecular complexity index is 445. The van der Waals surface area contributed by atoms with E-state index in [1.807, 2.05) is 0 Å². The Morgan fingerprint density at radius 3 is 2.64 bits per heavy atom. The van der Waals surface area contributed by atoms with Crippen molar-refractivity contribution in [2.75, 3.05) is 0 Å². The monoisotopic (exact) mass is 235 g/mol. The van der Waals surface area contributed by atoms with Gasteiger partial charge in [0.25, 0.3) is 0 Å². The zero-order valence-electron chi connectivity index (χ0n) is 7.02. The van der Waals surface area contributed by atoms with Crippen LogP contribution >= 0.6 is 10.7 Å². The fraction of sp³-hybridized carbons (Fsp3) is 0.375. The quantitative estimate of drug-likeness (QED) is 0.733. The summed E-state index contributed by atoms with van der Waals surface area (Å²) in [6, 6.07) is 2.75. The van der Waals surface area contributed by atoms with Gasteiger partial charge >= 0.3 is 0 Å². The maximum absolute atomic E-state index is 12.5. The van der Waals surface area contributed by atoms with Gasteiger partial charge in [0, 0.05) is 22.3 Å². The summed E-state index contributed by atoms with van der Waals surface area (Å²) >= 11 is 0. The van der Waals surface area contributed by atoms with Gasteiger partial charge in [0.15, 0.2) is 0 Å². The van der Waals surface area contributed by atoms with Gasteiger partial charge in [0.2, 0.25) is 9.05 Å². The van der Waals surface area contributed by atoms with Crippen LogP contribution in [-0.4, -0.2) is 18.7 Å². The molecule has 0 bridgehead atoms. The van der Waals surface area contributed by atoms with Crippen LogP contribution in [-0.2, 0) is 9.05 Å². The Morgan fingerprint density at radius 2 is 2.21 bits per heavy atom. The number of hydrogen-bond acceptors (Lipinski definition) is 3. The van der Waals surface area contributed by atoms with Crippen molar-refractivity contribution in [3.05, 3.63) is 29.8 Å². The predicted octanol–water partition coefficient (Wildman–Crippen LogP) is 1.65. The van der Waals surface area contributed by atoms with Crippen molar-refractivity contribution in [3.8, 4) is 0 Å². The first-order valence-corrected chi connectivity index (χ1v) is 6.40. The minimum atomic E-state index is -3.50. The summed E-state index contributed by atoms with van der Waals surface area (Å²) in [7, 11) is 1.68. The molecule has 0 saturated heterocycles. The number of hydrogen-bond donors (Lipinski definition) is 0. The van der Waals surface area contributed by atoms with E-state index in [1.54, 1.807) is 0 Å². The maximum atomic E-state index is 12.5. The number of aromatic nitrogens is 1. The van der Waals surface area contributed by atoms with Crippen molar-refractivity contribution in [1.29, 1.82) is 0 Å². The predicted molar refractivity (Wildman–Crippen MR) is 50.1 cm³/mol. The summed E-state index contributed by atoms with van der Waals surface area (Å²) in [6.45, 7) is 0. The van der Waals surface area contributed by atoms with Crippen LogP contribution in [0.4, 0.5) is 4.39 Å². The number of nitrogens with zero attached hydrogens (tertiary/aromatic N) is 1. The van der Waals surface area contributed by atoms with E-state index in [0.29, 0.717) is 12.1 Å². The van der Waals surface area contributed by atoms with Gasteiger partial charge in [-0.25, -0.2) is 12.8 Å². The van der Waals surface area contributed by atoms with Crippen LogP contribution in [0, 0.1) is 5.82 Å². The third-order valence-corrected chi connectivity index (χ3v) is 4.15. The number of pyridine rings is 1. The zero-order valence-corrected chi connectivity index (χ0v) is 8.59. The Morgan fingerprint density at radius 1 is 1.50 bits per heavy atom. The molecule has 1 aromatic rings. The van der Waals surface area contributed by atoms with Crippen molar-refractivity contribution >= 4 is 19.7 Å². The summed E-state index contributed by atoms with van der Waals surface area (Å²) in [4.78, 5) is 3.81. The summed E-state index contributed by atoms with van der Waals surface area (Å²) < 4.78 is 34.3. The maximum Gasteiger partial charge on any atom is 0.236 e. The molecule has 0 aromatic carbocycles. The minimum absolute atomic E-state index is 0.168. The van der Waals surface area contributed by atoms with Gasteiger partial charge in [0.05, 0.1) is 11.4 Å². The lowest BCUT2D eigenvalue weighted by atomic mass is 10.2. The average Bonchev–Trinajstić information content (AvgIpc) is 2.83. The van der Waals surface area contributed by atoms with Crippen LogP contribution in [0.25, 0.3) is 0 Å². The van der Waals surface area contributed by atoms with E-state index in [2.05, 4.69) is 4.98 Å². The molecule has 76 valence electrons. The molecule has 1 heterocycles. The number of rotatable bonds is 2. The van der Waals surface area contributed by atoms with Crippen LogP contribution in [0.2, 0.25) is 0 Å². The van der Waals surface area contributed by atoms with Crippen LogP contribution in [0.5, 0.6) is 0 Å². The second-order valence-electron chi connectivity index (χ2n) is 3.26. The second-order valence-corrected chi connectivity index (χ2v) is 6.10. The summed E-state index contributed by atoms with van der Waals surface area (Å²) in [5.74, 6) is -0.599. The van der Waals surface area contributed by atoms with Crippen LogP contribution < -0.4 is 0 Å². The molecule has 1 aliphatic rings. The lowest BCUT2D eigenvalue weighted by molar-refractivity contribution is 0.607. The van der Waals surface area contributed by atoms with E-state index in [4.69, 9.17) is 10.7 Å². The zero-order chi connectivity index (χ0) is 10.3. The molecule has 2 unspecified atom stereocenters. The Kier molecular flexibility index (Phi) is 2.23. The van der Waals surface area contributed by atoms with Gasteiger partial charge in [-0.15, -0.1) is 0 Å². The Balaban J connectivity index is 2.18.